The number of nitro benzene ring substituents is 1. The van der Waals surface area contributed by atoms with Crippen molar-refractivity contribution in [3.05, 3.63) is 46.0 Å². The molecule has 0 saturated heterocycles. The Morgan fingerprint density at radius 1 is 1.50 bits per heavy atom. The third kappa shape index (κ3) is 3.06. The molecule has 0 bridgehead atoms. The van der Waals surface area contributed by atoms with Crippen LogP contribution in [0.3, 0.4) is 0 Å². The van der Waals surface area contributed by atoms with Crippen LogP contribution >= 0.6 is 0 Å². The van der Waals surface area contributed by atoms with Gasteiger partial charge in [0.1, 0.15) is 6.61 Å². The van der Waals surface area contributed by atoms with Crippen LogP contribution in [0, 0.1) is 17.0 Å². The highest BCUT2D eigenvalue weighted by Gasteiger charge is 2.17. The molecular weight excluding hydrogens is 208 g/mol. The molecule has 0 heterocycles. The first kappa shape index (κ1) is 12.2. The van der Waals surface area contributed by atoms with Crippen molar-refractivity contribution in [2.45, 2.75) is 6.92 Å². The number of para-hydroxylation sites is 1. The minimum absolute atomic E-state index is 0.0173. The van der Waals surface area contributed by atoms with E-state index in [-0.39, 0.29) is 18.0 Å². The molecule has 1 aromatic rings. The summed E-state index contributed by atoms with van der Waals surface area (Å²) in [5, 5.41) is 10.8. The van der Waals surface area contributed by atoms with E-state index >= 15 is 0 Å². The smallest absolute Gasteiger partial charge is 0.313 e. The molecule has 0 amide bonds. The lowest BCUT2D eigenvalue weighted by molar-refractivity contribution is -0.386. The topological polar surface area (TPSA) is 78.4 Å². The van der Waals surface area contributed by atoms with Gasteiger partial charge >= 0.3 is 5.69 Å². The lowest BCUT2D eigenvalue weighted by atomic mass is 10.2. The van der Waals surface area contributed by atoms with Crippen LogP contribution in [-0.4, -0.2) is 18.1 Å². The van der Waals surface area contributed by atoms with Crippen LogP contribution in [-0.2, 0) is 0 Å². The van der Waals surface area contributed by atoms with E-state index in [9.17, 15) is 10.1 Å². The lowest BCUT2D eigenvalue weighted by Gasteiger charge is -2.05. The maximum atomic E-state index is 10.8. The van der Waals surface area contributed by atoms with Crippen molar-refractivity contribution in [3.8, 4) is 5.75 Å². The van der Waals surface area contributed by atoms with Crippen molar-refractivity contribution >= 4 is 5.69 Å². The van der Waals surface area contributed by atoms with E-state index < -0.39 is 4.92 Å². The van der Waals surface area contributed by atoms with Crippen molar-refractivity contribution in [3.63, 3.8) is 0 Å². The molecule has 1 rings (SSSR count). The third-order valence-electron chi connectivity index (χ3n) is 2.02. The van der Waals surface area contributed by atoms with E-state index in [4.69, 9.17) is 10.5 Å². The predicted octanol–water partition coefficient (Wildman–Crippen LogP) is 1.80. The summed E-state index contributed by atoms with van der Waals surface area (Å²) < 4.78 is 5.30. The molecule has 0 radical (unpaired) electrons. The minimum Gasteiger partial charge on any atom is -0.483 e. The van der Waals surface area contributed by atoms with E-state index in [0.717, 1.165) is 0 Å². The van der Waals surface area contributed by atoms with Gasteiger partial charge in [-0.3, -0.25) is 10.1 Å². The Labute approximate surface area is 93.7 Å². The first-order chi connectivity index (χ1) is 7.66. The van der Waals surface area contributed by atoms with E-state index in [1.807, 2.05) is 0 Å². The molecule has 0 aromatic heterocycles. The van der Waals surface area contributed by atoms with Gasteiger partial charge in [0.2, 0.25) is 0 Å². The second-order valence-corrected chi connectivity index (χ2v) is 3.20. The molecule has 5 heteroatoms. The first-order valence-corrected chi connectivity index (χ1v) is 4.88. The SMILES string of the molecule is Cc1cccc(OCC=CCN)c1[N+](=O)[O-]. The Balaban J connectivity index is 2.83. The molecule has 0 spiro atoms. The number of rotatable bonds is 5. The summed E-state index contributed by atoms with van der Waals surface area (Å²) in [6, 6.07) is 4.99. The Kier molecular flexibility index (Phi) is 4.47. The average Bonchev–Trinajstić information content (AvgIpc) is 2.24. The summed E-state index contributed by atoms with van der Waals surface area (Å²) in [6.45, 7) is 2.39. The fourth-order valence-electron chi connectivity index (χ4n) is 1.28. The lowest BCUT2D eigenvalue weighted by Crippen LogP contribution is -2.01. The average molecular weight is 222 g/mol. The standard InChI is InChI=1S/C11H14N2O3/c1-9-5-4-6-10(11(9)13(14)15)16-8-3-2-7-12/h2-6H,7-8,12H2,1H3. The summed E-state index contributed by atoms with van der Waals surface area (Å²) in [5.74, 6) is 0.284. The van der Waals surface area contributed by atoms with Crippen LogP contribution in [0.25, 0.3) is 0 Å². The number of nitrogens with two attached hydrogens (primary N) is 1. The summed E-state index contributed by atoms with van der Waals surface area (Å²) in [4.78, 5) is 10.4. The van der Waals surface area contributed by atoms with Crippen molar-refractivity contribution in [1.29, 1.82) is 0 Å². The zero-order chi connectivity index (χ0) is 12.0. The number of hydrogen-bond acceptors (Lipinski definition) is 4. The number of nitro groups is 1. The van der Waals surface area contributed by atoms with E-state index in [2.05, 4.69) is 0 Å². The third-order valence-corrected chi connectivity index (χ3v) is 2.02. The summed E-state index contributed by atoms with van der Waals surface area (Å²) in [6.07, 6.45) is 3.47. The Bertz CT molecular complexity index is 402. The van der Waals surface area contributed by atoms with Gasteiger partial charge in [0.15, 0.2) is 5.75 Å². The normalized spacial score (nSPS) is 10.6. The molecule has 0 atom stereocenters. The maximum absolute atomic E-state index is 10.8. The molecule has 0 aliphatic rings. The molecule has 0 fully saturated rings. The van der Waals surface area contributed by atoms with Crippen LogP contribution in [0.4, 0.5) is 5.69 Å². The summed E-state index contributed by atoms with van der Waals surface area (Å²) in [5.41, 5.74) is 5.87. The van der Waals surface area contributed by atoms with E-state index in [0.29, 0.717) is 12.1 Å². The quantitative estimate of drug-likeness (QED) is 0.468. The zero-order valence-electron chi connectivity index (χ0n) is 9.05. The van der Waals surface area contributed by atoms with Crippen LogP contribution < -0.4 is 10.5 Å². The van der Waals surface area contributed by atoms with Gasteiger partial charge in [-0.05, 0) is 13.0 Å². The molecule has 0 aliphatic heterocycles. The fourth-order valence-corrected chi connectivity index (χ4v) is 1.28. The van der Waals surface area contributed by atoms with Crippen molar-refractivity contribution < 1.29 is 9.66 Å². The van der Waals surface area contributed by atoms with E-state index in [1.165, 1.54) is 0 Å². The molecular formula is C11H14N2O3. The summed E-state index contributed by atoms with van der Waals surface area (Å²) in [7, 11) is 0. The van der Waals surface area contributed by atoms with Crippen molar-refractivity contribution in [1.82, 2.24) is 0 Å². The number of hydrogen-bond donors (Lipinski definition) is 1. The van der Waals surface area contributed by atoms with Gasteiger partial charge in [0.05, 0.1) is 4.92 Å². The number of ether oxygens (including phenoxy) is 1. The van der Waals surface area contributed by atoms with Gasteiger partial charge in [-0.1, -0.05) is 24.3 Å². The highest BCUT2D eigenvalue weighted by Crippen LogP contribution is 2.29. The highest BCUT2D eigenvalue weighted by molar-refractivity contribution is 5.52. The van der Waals surface area contributed by atoms with Gasteiger partial charge in [0.25, 0.3) is 0 Å². The highest BCUT2D eigenvalue weighted by atomic mass is 16.6. The summed E-state index contributed by atoms with van der Waals surface area (Å²) >= 11 is 0. The molecule has 2 N–H and O–H groups in total. The van der Waals surface area contributed by atoms with Crippen LogP contribution in [0.1, 0.15) is 5.56 Å². The van der Waals surface area contributed by atoms with Gasteiger partial charge in [0, 0.05) is 12.1 Å². The molecule has 86 valence electrons. The number of aryl methyl sites for hydroxylation is 1. The van der Waals surface area contributed by atoms with Gasteiger partial charge in [-0.25, -0.2) is 0 Å². The number of nitrogens with zero attached hydrogens (tertiary/aromatic N) is 1. The molecule has 0 aliphatic carbocycles. The Morgan fingerprint density at radius 3 is 2.88 bits per heavy atom. The van der Waals surface area contributed by atoms with Crippen molar-refractivity contribution in [2.24, 2.45) is 5.73 Å². The Morgan fingerprint density at radius 2 is 2.25 bits per heavy atom. The minimum atomic E-state index is -0.433. The maximum Gasteiger partial charge on any atom is 0.313 e. The van der Waals surface area contributed by atoms with Gasteiger partial charge in [-0.15, -0.1) is 0 Å². The molecule has 1 aromatic carbocycles. The van der Waals surface area contributed by atoms with Crippen molar-refractivity contribution in [2.75, 3.05) is 13.2 Å². The van der Waals surface area contributed by atoms with Gasteiger partial charge < -0.3 is 10.5 Å². The van der Waals surface area contributed by atoms with Crippen LogP contribution in [0.5, 0.6) is 5.75 Å². The second-order valence-electron chi connectivity index (χ2n) is 3.20. The fraction of sp³-hybridized carbons (Fsp3) is 0.273. The zero-order valence-corrected chi connectivity index (χ0v) is 9.05. The van der Waals surface area contributed by atoms with Crippen LogP contribution in [0.15, 0.2) is 30.4 Å². The molecule has 16 heavy (non-hydrogen) atoms. The number of benzene rings is 1. The molecule has 5 nitrogen and oxygen atoms in total. The van der Waals surface area contributed by atoms with Gasteiger partial charge in [-0.2, -0.15) is 0 Å². The molecule has 0 saturated carbocycles. The van der Waals surface area contributed by atoms with Crippen LogP contribution in [0.2, 0.25) is 0 Å². The Hall–Kier alpha value is -1.88. The monoisotopic (exact) mass is 222 g/mol. The predicted molar refractivity (Wildman–Crippen MR) is 61.5 cm³/mol. The molecule has 0 unspecified atom stereocenters. The largest absolute Gasteiger partial charge is 0.483 e. The van der Waals surface area contributed by atoms with E-state index in [1.54, 1.807) is 37.3 Å². The first-order valence-electron chi connectivity index (χ1n) is 4.88. The second kappa shape index (κ2) is 5.87.